The fraction of sp³-hybridized carbons (Fsp3) is 0.571. The molecule has 2 aliphatic rings. The maximum absolute atomic E-state index is 6.33. The highest BCUT2D eigenvalue weighted by molar-refractivity contribution is 9.10. The summed E-state index contributed by atoms with van der Waals surface area (Å²) in [6.45, 7) is 1.16. The summed E-state index contributed by atoms with van der Waals surface area (Å²) in [7, 11) is 0. The van der Waals surface area contributed by atoms with Crippen molar-refractivity contribution in [3.05, 3.63) is 33.3 Å². The molecule has 3 heteroatoms. The molecule has 0 spiro atoms. The van der Waals surface area contributed by atoms with E-state index in [9.17, 15) is 0 Å². The van der Waals surface area contributed by atoms with E-state index in [0.717, 1.165) is 23.5 Å². The lowest BCUT2D eigenvalue weighted by molar-refractivity contribution is 0.244. The van der Waals surface area contributed by atoms with Gasteiger partial charge >= 0.3 is 0 Å². The predicted molar refractivity (Wildman–Crippen MR) is 75.6 cm³/mol. The standard InChI is InChI=1S/C14H17BrClN/c15-12-2-1-3-13(16)14(12)11-7-4-9(11)8-17-10-5-6-10/h1-3,9-11,17H,4-8H2. The van der Waals surface area contributed by atoms with Gasteiger partial charge in [0.05, 0.1) is 0 Å². The van der Waals surface area contributed by atoms with Crippen LogP contribution < -0.4 is 5.32 Å². The fourth-order valence-electron chi connectivity index (χ4n) is 2.66. The van der Waals surface area contributed by atoms with E-state index in [0.29, 0.717) is 5.92 Å². The SMILES string of the molecule is Clc1cccc(Br)c1C1CCC1CNC1CC1. The summed E-state index contributed by atoms with van der Waals surface area (Å²) >= 11 is 9.96. The van der Waals surface area contributed by atoms with Crippen molar-refractivity contribution in [1.29, 1.82) is 0 Å². The maximum Gasteiger partial charge on any atom is 0.0452 e. The van der Waals surface area contributed by atoms with Crippen LogP contribution in [0.15, 0.2) is 22.7 Å². The molecule has 2 unspecified atom stereocenters. The topological polar surface area (TPSA) is 12.0 Å². The van der Waals surface area contributed by atoms with E-state index in [4.69, 9.17) is 11.6 Å². The van der Waals surface area contributed by atoms with Crippen LogP contribution in [0.4, 0.5) is 0 Å². The van der Waals surface area contributed by atoms with Gasteiger partial charge in [0.25, 0.3) is 0 Å². The molecule has 0 heterocycles. The Morgan fingerprint density at radius 3 is 2.65 bits per heavy atom. The van der Waals surface area contributed by atoms with Crippen LogP contribution in [-0.4, -0.2) is 12.6 Å². The van der Waals surface area contributed by atoms with Crippen molar-refractivity contribution in [2.45, 2.75) is 37.6 Å². The minimum Gasteiger partial charge on any atom is -0.314 e. The Hall–Kier alpha value is -0.0500. The fourth-order valence-corrected chi connectivity index (χ4v) is 3.75. The average Bonchev–Trinajstić information content (AvgIpc) is 3.06. The summed E-state index contributed by atoms with van der Waals surface area (Å²) in [5.74, 6) is 1.41. The molecule has 0 radical (unpaired) electrons. The third-order valence-electron chi connectivity index (χ3n) is 4.03. The van der Waals surface area contributed by atoms with Crippen LogP contribution in [0, 0.1) is 5.92 Å². The first-order valence-corrected chi connectivity index (χ1v) is 7.60. The third-order valence-corrected chi connectivity index (χ3v) is 5.06. The molecule has 17 heavy (non-hydrogen) atoms. The summed E-state index contributed by atoms with van der Waals surface area (Å²) in [6, 6.07) is 6.92. The molecule has 0 aliphatic heterocycles. The van der Waals surface area contributed by atoms with Crippen LogP contribution in [0.5, 0.6) is 0 Å². The van der Waals surface area contributed by atoms with E-state index in [-0.39, 0.29) is 0 Å². The van der Waals surface area contributed by atoms with Crippen molar-refractivity contribution in [3.8, 4) is 0 Å². The molecule has 2 saturated carbocycles. The Labute approximate surface area is 116 Å². The molecule has 0 aromatic heterocycles. The van der Waals surface area contributed by atoms with Crippen molar-refractivity contribution in [1.82, 2.24) is 5.32 Å². The zero-order valence-electron chi connectivity index (χ0n) is 9.76. The number of benzene rings is 1. The maximum atomic E-state index is 6.33. The van der Waals surface area contributed by atoms with Gasteiger partial charge in [0.2, 0.25) is 0 Å². The molecule has 2 atom stereocenters. The number of hydrogen-bond donors (Lipinski definition) is 1. The summed E-state index contributed by atoms with van der Waals surface area (Å²) in [5, 5.41) is 4.56. The van der Waals surface area contributed by atoms with Crippen molar-refractivity contribution in [2.24, 2.45) is 5.92 Å². The van der Waals surface area contributed by atoms with Gasteiger partial charge < -0.3 is 5.32 Å². The highest BCUT2D eigenvalue weighted by Crippen LogP contribution is 2.47. The van der Waals surface area contributed by atoms with Crippen LogP contribution in [0.25, 0.3) is 0 Å². The van der Waals surface area contributed by atoms with E-state index >= 15 is 0 Å². The predicted octanol–water partition coefficient (Wildman–Crippen LogP) is 4.35. The van der Waals surface area contributed by atoms with E-state index in [2.05, 4.69) is 27.3 Å². The molecule has 0 amide bonds. The molecule has 0 bridgehead atoms. The van der Waals surface area contributed by atoms with Crippen LogP contribution in [0.1, 0.15) is 37.2 Å². The third kappa shape index (κ3) is 2.54. The monoisotopic (exact) mass is 313 g/mol. The zero-order chi connectivity index (χ0) is 11.8. The normalized spacial score (nSPS) is 27.9. The molecule has 3 rings (SSSR count). The van der Waals surface area contributed by atoms with Gasteiger partial charge in [-0.1, -0.05) is 33.6 Å². The lowest BCUT2D eigenvalue weighted by Gasteiger charge is -2.38. The average molecular weight is 315 g/mol. The van der Waals surface area contributed by atoms with Gasteiger partial charge in [-0.3, -0.25) is 0 Å². The molecular weight excluding hydrogens is 298 g/mol. The second-order valence-electron chi connectivity index (χ2n) is 5.26. The van der Waals surface area contributed by atoms with Gasteiger partial charge in [0.1, 0.15) is 0 Å². The number of hydrogen-bond acceptors (Lipinski definition) is 1. The van der Waals surface area contributed by atoms with Crippen molar-refractivity contribution in [2.75, 3.05) is 6.54 Å². The van der Waals surface area contributed by atoms with Crippen LogP contribution in [0.3, 0.4) is 0 Å². The molecule has 1 aromatic rings. The van der Waals surface area contributed by atoms with Crippen molar-refractivity contribution in [3.63, 3.8) is 0 Å². The number of halogens is 2. The summed E-state index contributed by atoms with van der Waals surface area (Å²) in [5.41, 5.74) is 1.32. The zero-order valence-corrected chi connectivity index (χ0v) is 12.1. The Morgan fingerprint density at radius 1 is 1.24 bits per heavy atom. The van der Waals surface area contributed by atoms with Crippen LogP contribution in [0.2, 0.25) is 5.02 Å². The Kier molecular flexibility index (Phi) is 3.47. The molecule has 2 aliphatic carbocycles. The van der Waals surface area contributed by atoms with Gasteiger partial charge in [0, 0.05) is 15.5 Å². The van der Waals surface area contributed by atoms with E-state index in [1.165, 1.54) is 35.7 Å². The van der Waals surface area contributed by atoms with Crippen molar-refractivity contribution >= 4 is 27.5 Å². The lowest BCUT2D eigenvalue weighted by atomic mass is 9.70. The Bertz CT molecular complexity index is 396. The Balaban J connectivity index is 1.70. The summed E-state index contributed by atoms with van der Waals surface area (Å²) in [4.78, 5) is 0. The lowest BCUT2D eigenvalue weighted by Crippen LogP contribution is -2.35. The minimum atomic E-state index is 0.643. The molecule has 92 valence electrons. The first kappa shape index (κ1) is 12.0. The van der Waals surface area contributed by atoms with Crippen LogP contribution in [-0.2, 0) is 0 Å². The second kappa shape index (κ2) is 4.91. The first-order chi connectivity index (χ1) is 8.25. The molecule has 1 nitrogen and oxygen atoms in total. The van der Waals surface area contributed by atoms with Gasteiger partial charge in [-0.25, -0.2) is 0 Å². The second-order valence-corrected chi connectivity index (χ2v) is 6.52. The molecule has 2 fully saturated rings. The van der Waals surface area contributed by atoms with Gasteiger partial charge in [-0.15, -0.1) is 0 Å². The summed E-state index contributed by atoms with van der Waals surface area (Å²) < 4.78 is 1.17. The largest absolute Gasteiger partial charge is 0.314 e. The Morgan fingerprint density at radius 2 is 2.06 bits per heavy atom. The first-order valence-electron chi connectivity index (χ1n) is 6.43. The molecule has 0 saturated heterocycles. The minimum absolute atomic E-state index is 0.643. The van der Waals surface area contributed by atoms with Crippen molar-refractivity contribution < 1.29 is 0 Å². The number of rotatable bonds is 4. The van der Waals surface area contributed by atoms with E-state index < -0.39 is 0 Å². The van der Waals surface area contributed by atoms with E-state index in [1.54, 1.807) is 0 Å². The van der Waals surface area contributed by atoms with Gasteiger partial charge in [-0.2, -0.15) is 0 Å². The number of nitrogens with one attached hydrogen (secondary N) is 1. The van der Waals surface area contributed by atoms with Gasteiger partial charge in [-0.05, 0) is 61.8 Å². The summed E-state index contributed by atoms with van der Waals surface area (Å²) in [6.07, 6.45) is 5.35. The quantitative estimate of drug-likeness (QED) is 0.871. The van der Waals surface area contributed by atoms with E-state index in [1.807, 2.05) is 12.1 Å². The molecular formula is C14H17BrClN. The van der Waals surface area contributed by atoms with Gasteiger partial charge in [0.15, 0.2) is 0 Å². The molecule has 1 N–H and O–H groups in total. The van der Waals surface area contributed by atoms with Crippen LogP contribution >= 0.6 is 27.5 Å². The highest BCUT2D eigenvalue weighted by atomic mass is 79.9. The molecule has 1 aromatic carbocycles. The highest BCUT2D eigenvalue weighted by Gasteiger charge is 2.35. The smallest absolute Gasteiger partial charge is 0.0452 e.